The number of halogens is 4. The van der Waals surface area contributed by atoms with Crippen LogP contribution in [0.4, 0.5) is 13.2 Å². The van der Waals surface area contributed by atoms with Crippen molar-refractivity contribution in [1.29, 1.82) is 0 Å². The second kappa shape index (κ2) is 6.23. The molecule has 2 rings (SSSR count). The van der Waals surface area contributed by atoms with Crippen molar-refractivity contribution < 1.29 is 13.2 Å². The number of rotatable bonds is 2. The van der Waals surface area contributed by atoms with Crippen molar-refractivity contribution in [1.82, 2.24) is 0 Å². The third-order valence-corrected chi connectivity index (χ3v) is 4.99. The van der Waals surface area contributed by atoms with Crippen molar-refractivity contribution in [2.45, 2.75) is 46.2 Å². The summed E-state index contributed by atoms with van der Waals surface area (Å²) in [5.74, 6) is 0. The monoisotopic (exact) mass is 372 g/mol. The van der Waals surface area contributed by atoms with Gasteiger partial charge >= 0.3 is 6.18 Å². The number of benzene rings is 1. The summed E-state index contributed by atoms with van der Waals surface area (Å²) in [4.78, 5) is 0. The molecule has 1 aliphatic rings. The van der Waals surface area contributed by atoms with E-state index in [1.54, 1.807) is 0 Å². The Morgan fingerprint density at radius 2 is 1.86 bits per heavy atom. The molecule has 0 saturated heterocycles. The van der Waals surface area contributed by atoms with E-state index in [1.165, 1.54) is 23.6 Å². The van der Waals surface area contributed by atoms with Crippen LogP contribution in [-0.2, 0) is 6.18 Å². The molecule has 0 bridgehead atoms. The van der Waals surface area contributed by atoms with Crippen LogP contribution in [0.25, 0.3) is 6.08 Å². The van der Waals surface area contributed by atoms with Crippen molar-refractivity contribution in [2.75, 3.05) is 0 Å². The molecule has 120 valence electrons. The maximum atomic E-state index is 12.7. The van der Waals surface area contributed by atoms with Gasteiger partial charge in [0, 0.05) is 4.47 Å². The first-order chi connectivity index (χ1) is 10.1. The second-order valence-corrected chi connectivity index (χ2v) is 7.35. The smallest absolute Gasteiger partial charge is 0.166 e. The van der Waals surface area contributed by atoms with Gasteiger partial charge in [0.25, 0.3) is 0 Å². The van der Waals surface area contributed by atoms with Gasteiger partial charge in [-0.15, -0.1) is 0 Å². The zero-order chi connectivity index (χ0) is 16.5. The first-order valence-corrected chi connectivity index (χ1v) is 8.15. The minimum Gasteiger partial charge on any atom is -0.166 e. The maximum Gasteiger partial charge on any atom is 0.416 e. The molecule has 1 aliphatic carbocycles. The Labute approximate surface area is 138 Å². The van der Waals surface area contributed by atoms with E-state index in [9.17, 15) is 13.2 Å². The Bertz CT molecular complexity index is 622. The van der Waals surface area contributed by atoms with E-state index in [0.29, 0.717) is 4.47 Å². The van der Waals surface area contributed by atoms with Crippen LogP contribution in [-0.4, -0.2) is 0 Å². The highest BCUT2D eigenvalue weighted by molar-refractivity contribution is 9.10. The molecule has 0 N–H and O–H groups in total. The molecule has 1 aromatic carbocycles. The van der Waals surface area contributed by atoms with Crippen LogP contribution in [0.3, 0.4) is 0 Å². The van der Waals surface area contributed by atoms with Crippen LogP contribution >= 0.6 is 15.9 Å². The van der Waals surface area contributed by atoms with Crippen LogP contribution in [0.1, 0.15) is 51.2 Å². The van der Waals surface area contributed by atoms with Gasteiger partial charge in [0.05, 0.1) is 5.56 Å². The van der Waals surface area contributed by atoms with E-state index in [2.05, 4.69) is 42.8 Å². The molecule has 0 atom stereocenters. The molecule has 22 heavy (non-hydrogen) atoms. The molecule has 0 nitrogen and oxygen atoms in total. The highest BCUT2D eigenvalue weighted by atomic mass is 79.9. The molecular formula is C18H20BrF3. The van der Waals surface area contributed by atoms with Crippen LogP contribution in [0.5, 0.6) is 0 Å². The van der Waals surface area contributed by atoms with E-state index < -0.39 is 11.7 Å². The molecule has 0 fully saturated rings. The standard InChI is InChI=1S/C18H20BrF3/c1-12-5-4-10-17(2,3)15(12)9-7-13-6-8-14(11-16(13)19)18(20,21)22/h6-9,11H,4-5,10H2,1-3H3/b9-7+. The molecule has 0 spiro atoms. The number of allylic oxidation sites excluding steroid dienone is 3. The Kier molecular flexibility index (Phi) is 4.90. The largest absolute Gasteiger partial charge is 0.416 e. The van der Waals surface area contributed by atoms with Gasteiger partial charge in [-0.05, 0) is 54.9 Å². The van der Waals surface area contributed by atoms with Crippen LogP contribution < -0.4 is 0 Å². The fourth-order valence-corrected chi connectivity index (χ4v) is 3.53. The highest BCUT2D eigenvalue weighted by Gasteiger charge is 2.30. The minimum absolute atomic E-state index is 0.122. The van der Waals surface area contributed by atoms with E-state index >= 15 is 0 Å². The molecule has 0 radical (unpaired) electrons. The zero-order valence-electron chi connectivity index (χ0n) is 13.0. The van der Waals surface area contributed by atoms with E-state index in [-0.39, 0.29) is 5.41 Å². The molecule has 0 saturated carbocycles. The van der Waals surface area contributed by atoms with Gasteiger partial charge in [0.2, 0.25) is 0 Å². The van der Waals surface area contributed by atoms with Crippen molar-refractivity contribution in [2.24, 2.45) is 5.41 Å². The number of alkyl halides is 3. The molecule has 1 aromatic rings. The Hall–Kier alpha value is -1.03. The van der Waals surface area contributed by atoms with Gasteiger partial charge in [-0.3, -0.25) is 0 Å². The Morgan fingerprint density at radius 3 is 2.41 bits per heavy atom. The van der Waals surface area contributed by atoms with E-state index in [0.717, 1.165) is 30.5 Å². The van der Waals surface area contributed by atoms with E-state index in [4.69, 9.17) is 0 Å². The lowest BCUT2D eigenvalue weighted by Gasteiger charge is -2.33. The average Bonchev–Trinajstić information content (AvgIpc) is 2.37. The van der Waals surface area contributed by atoms with Crippen LogP contribution in [0.2, 0.25) is 0 Å². The van der Waals surface area contributed by atoms with E-state index in [1.807, 2.05) is 6.08 Å². The van der Waals surface area contributed by atoms with Gasteiger partial charge in [-0.1, -0.05) is 53.6 Å². The van der Waals surface area contributed by atoms with Gasteiger partial charge in [0.15, 0.2) is 0 Å². The van der Waals surface area contributed by atoms with Crippen LogP contribution in [0, 0.1) is 5.41 Å². The summed E-state index contributed by atoms with van der Waals surface area (Å²) >= 11 is 3.24. The van der Waals surface area contributed by atoms with Crippen molar-refractivity contribution in [3.63, 3.8) is 0 Å². The lowest BCUT2D eigenvalue weighted by molar-refractivity contribution is -0.137. The minimum atomic E-state index is -4.31. The number of hydrogen-bond donors (Lipinski definition) is 0. The van der Waals surface area contributed by atoms with Crippen molar-refractivity contribution >= 4 is 22.0 Å². The summed E-state index contributed by atoms with van der Waals surface area (Å²) in [6.45, 7) is 6.58. The van der Waals surface area contributed by atoms with Gasteiger partial charge in [-0.2, -0.15) is 13.2 Å². The first-order valence-electron chi connectivity index (χ1n) is 7.36. The molecule has 0 aromatic heterocycles. The molecule has 4 heteroatoms. The topological polar surface area (TPSA) is 0 Å². The van der Waals surface area contributed by atoms with Gasteiger partial charge < -0.3 is 0 Å². The molecular weight excluding hydrogens is 353 g/mol. The quantitative estimate of drug-likeness (QED) is 0.523. The lowest BCUT2D eigenvalue weighted by Crippen LogP contribution is -2.18. The SMILES string of the molecule is CC1=C(/C=C/c2ccc(C(F)(F)F)cc2Br)C(C)(C)CCC1. The average molecular weight is 373 g/mol. The van der Waals surface area contributed by atoms with Gasteiger partial charge in [-0.25, -0.2) is 0 Å². The van der Waals surface area contributed by atoms with Gasteiger partial charge in [0.1, 0.15) is 0 Å². The third-order valence-electron chi connectivity index (χ3n) is 4.30. The van der Waals surface area contributed by atoms with Crippen LogP contribution in [0.15, 0.2) is 39.9 Å². The third kappa shape index (κ3) is 3.83. The zero-order valence-corrected chi connectivity index (χ0v) is 14.6. The first kappa shape index (κ1) is 17.3. The fourth-order valence-electron chi connectivity index (χ4n) is 3.02. The molecule has 0 aliphatic heterocycles. The van der Waals surface area contributed by atoms with Crippen molar-refractivity contribution in [3.8, 4) is 0 Å². The highest BCUT2D eigenvalue weighted by Crippen LogP contribution is 2.41. The fraction of sp³-hybridized carbons (Fsp3) is 0.444. The predicted octanol–water partition coefficient (Wildman–Crippen LogP) is 7.01. The molecule has 0 heterocycles. The normalized spacial score (nSPS) is 19.0. The summed E-state index contributed by atoms with van der Waals surface area (Å²) < 4.78 is 38.5. The van der Waals surface area contributed by atoms with Crippen molar-refractivity contribution in [3.05, 3.63) is 51.0 Å². The maximum absolute atomic E-state index is 12.7. The lowest BCUT2D eigenvalue weighted by atomic mass is 9.72. The molecule has 0 amide bonds. The Morgan fingerprint density at radius 1 is 1.18 bits per heavy atom. The summed E-state index contributed by atoms with van der Waals surface area (Å²) in [5, 5.41) is 0. The summed E-state index contributed by atoms with van der Waals surface area (Å²) in [7, 11) is 0. The summed E-state index contributed by atoms with van der Waals surface area (Å²) in [6, 6.07) is 3.76. The summed E-state index contributed by atoms with van der Waals surface area (Å²) in [6.07, 6.45) is 3.07. The summed E-state index contributed by atoms with van der Waals surface area (Å²) in [5.41, 5.74) is 2.91. The number of hydrogen-bond acceptors (Lipinski definition) is 0. The second-order valence-electron chi connectivity index (χ2n) is 6.50. The predicted molar refractivity (Wildman–Crippen MR) is 88.5 cm³/mol. The Balaban J connectivity index is 2.31. The molecule has 0 unspecified atom stereocenters.